The van der Waals surface area contributed by atoms with Gasteiger partial charge in [0, 0.05) is 29.8 Å². The Labute approximate surface area is 211 Å². The van der Waals surface area contributed by atoms with Gasteiger partial charge in [-0.1, -0.05) is 36.7 Å². The van der Waals surface area contributed by atoms with Crippen LogP contribution < -0.4 is 5.32 Å². The quantitative estimate of drug-likeness (QED) is 0.437. The van der Waals surface area contributed by atoms with Crippen molar-refractivity contribution in [2.75, 3.05) is 17.6 Å². The summed E-state index contributed by atoms with van der Waals surface area (Å²) in [6.07, 6.45) is 10.6. The van der Waals surface area contributed by atoms with Crippen LogP contribution in [0.15, 0.2) is 23.2 Å². The summed E-state index contributed by atoms with van der Waals surface area (Å²) in [5, 5.41) is 4.21. The molecule has 4 nitrogen and oxygen atoms in total. The molecular weight excluding hydrogens is 480 g/mol. The fourth-order valence-electron chi connectivity index (χ4n) is 6.78. The number of nitrogens with zero attached hydrogens (tertiary/aromatic N) is 2. The Bertz CT molecular complexity index is 876. The number of hydrogen-bond donors (Lipinski definition) is 1. The first kappa shape index (κ1) is 25.1. The minimum Gasteiger partial charge on any atom is -0.347 e. The van der Waals surface area contributed by atoms with Crippen LogP contribution in [-0.2, 0) is 4.79 Å². The number of amides is 1. The van der Waals surface area contributed by atoms with Crippen molar-refractivity contribution in [3.8, 4) is 0 Å². The summed E-state index contributed by atoms with van der Waals surface area (Å²) in [7, 11) is 0. The Hall–Kier alpha value is -0.980. The van der Waals surface area contributed by atoms with E-state index in [1.807, 2.05) is 11.8 Å². The highest BCUT2D eigenvalue weighted by molar-refractivity contribution is 8.14. The molecule has 1 heterocycles. The lowest BCUT2D eigenvalue weighted by Crippen LogP contribution is -2.50. The lowest BCUT2D eigenvalue weighted by Gasteiger charge is -2.55. The van der Waals surface area contributed by atoms with E-state index in [4.69, 9.17) is 16.6 Å². The van der Waals surface area contributed by atoms with Crippen molar-refractivity contribution >= 4 is 52.5 Å². The SMILES string of the molecule is CCCCN1/C(=N/C23CC4CC(CC(C4)C2)C3)SCC1CC(=O)Nc1ccc(Cl)cc1F.Cl. The van der Waals surface area contributed by atoms with Crippen molar-refractivity contribution in [2.45, 2.75) is 76.3 Å². The molecule has 0 aromatic heterocycles. The molecule has 1 amide bonds. The van der Waals surface area contributed by atoms with Crippen LogP contribution >= 0.6 is 35.8 Å². The van der Waals surface area contributed by atoms with Crippen LogP contribution in [0, 0.1) is 23.6 Å². The molecule has 1 aromatic carbocycles. The molecule has 4 bridgehead atoms. The van der Waals surface area contributed by atoms with Crippen LogP contribution in [0.5, 0.6) is 0 Å². The zero-order valence-corrected chi connectivity index (χ0v) is 21.6. The first-order valence-electron chi connectivity index (χ1n) is 12.2. The standard InChI is InChI=1S/C25H33ClFN3OS.ClH/c1-2-3-6-30-20(11-23(31)28-22-5-4-19(26)10-21(22)27)15-32-24(30)29-25-12-16-7-17(13-25)9-18(8-16)14-25;/h4-5,10,16-18,20H,2-3,6-9,11-15H2,1H3,(H,28,31);1H/b29-24-;. The van der Waals surface area contributed by atoms with Gasteiger partial charge >= 0.3 is 0 Å². The number of unbranched alkanes of at least 4 members (excludes halogenated alkanes) is 1. The third-order valence-corrected chi connectivity index (χ3v) is 9.18. The Balaban J connectivity index is 0.00000259. The number of hydrogen-bond acceptors (Lipinski definition) is 3. The van der Waals surface area contributed by atoms with E-state index in [1.165, 1.54) is 50.7 Å². The van der Waals surface area contributed by atoms with E-state index in [-0.39, 0.29) is 35.6 Å². The number of thioether (sulfide) groups is 1. The van der Waals surface area contributed by atoms with Crippen LogP contribution in [-0.4, -0.2) is 39.9 Å². The lowest BCUT2D eigenvalue weighted by molar-refractivity contribution is -0.116. The number of carbonyl (C=O) groups is 1. The maximum absolute atomic E-state index is 14.1. The molecule has 1 atom stereocenters. The molecule has 1 N–H and O–H groups in total. The number of nitrogens with one attached hydrogen (secondary N) is 1. The highest BCUT2D eigenvalue weighted by Gasteiger charge is 2.51. The van der Waals surface area contributed by atoms with E-state index in [2.05, 4.69) is 17.1 Å². The van der Waals surface area contributed by atoms with Gasteiger partial charge in [0.15, 0.2) is 5.17 Å². The van der Waals surface area contributed by atoms with Crippen molar-refractivity contribution < 1.29 is 9.18 Å². The molecule has 0 spiro atoms. The maximum Gasteiger partial charge on any atom is 0.226 e. The molecule has 8 heteroatoms. The van der Waals surface area contributed by atoms with Crippen LogP contribution in [0.2, 0.25) is 5.02 Å². The van der Waals surface area contributed by atoms with E-state index in [0.29, 0.717) is 11.4 Å². The van der Waals surface area contributed by atoms with Crippen LogP contribution in [0.3, 0.4) is 0 Å². The van der Waals surface area contributed by atoms with E-state index < -0.39 is 5.82 Å². The summed E-state index contributed by atoms with van der Waals surface area (Å²) in [5.41, 5.74) is 0.332. The molecule has 0 radical (unpaired) electrons. The number of benzene rings is 1. The number of amidine groups is 1. The number of halogens is 3. The number of carbonyl (C=O) groups excluding carboxylic acids is 1. The topological polar surface area (TPSA) is 44.7 Å². The third kappa shape index (κ3) is 5.48. The summed E-state index contributed by atoms with van der Waals surface area (Å²) in [6.45, 7) is 3.13. The first-order chi connectivity index (χ1) is 15.4. The molecule has 6 rings (SSSR count). The van der Waals surface area contributed by atoms with Gasteiger partial charge in [0.25, 0.3) is 0 Å². The molecule has 182 valence electrons. The molecule has 4 aliphatic carbocycles. The van der Waals surface area contributed by atoms with Crippen molar-refractivity contribution in [1.29, 1.82) is 0 Å². The minimum atomic E-state index is -0.501. The van der Waals surface area contributed by atoms with Gasteiger partial charge in [-0.05, 0) is 80.9 Å². The number of aliphatic imine (C=N–C) groups is 1. The number of anilines is 1. The van der Waals surface area contributed by atoms with Crippen LogP contribution in [0.4, 0.5) is 10.1 Å². The largest absolute Gasteiger partial charge is 0.347 e. The molecule has 5 aliphatic rings. The van der Waals surface area contributed by atoms with Gasteiger partial charge in [0.1, 0.15) is 5.82 Å². The van der Waals surface area contributed by atoms with Crippen LogP contribution in [0.25, 0.3) is 0 Å². The van der Waals surface area contributed by atoms with Crippen LogP contribution in [0.1, 0.15) is 64.7 Å². The second-order valence-corrected chi connectivity index (χ2v) is 11.8. The van der Waals surface area contributed by atoms with E-state index in [0.717, 1.165) is 48.1 Å². The first-order valence-corrected chi connectivity index (χ1v) is 13.5. The zero-order chi connectivity index (χ0) is 22.3. The van der Waals surface area contributed by atoms with Crippen molar-refractivity contribution in [3.05, 3.63) is 29.0 Å². The highest BCUT2D eigenvalue weighted by atomic mass is 35.5. The number of rotatable bonds is 7. The Morgan fingerprint density at radius 1 is 1.24 bits per heavy atom. The Morgan fingerprint density at radius 2 is 1.91 bits per heavy atom. The summed E-state index contributed by atoms with van der Waals surface area (Å²) in [6, 6.07) is 4.45. The summed E-state index contributed by atoms with van der Waals surface area (Å²) >= 11 is 7.64. The monoisotopic (exact) mass is 513 g/mol. The predicted molar refractivity (Wildman–Crippen MR) is 138 cm³/mol. The molecule has 1 saturated heterocycles. The van der Waals surface area contributed by atoms with E-state index in [9.17, 15) is 9.18 Å². The average molecular weight is 515 g/mol. The smallest absolute Gasteiger partial charge is 0.226 e. The highest BCUT2D eigenvalue weighted by Crippen LogP contribution is 2.57. The van der Waals surface area contributed by atoms with Crippen molar-refractivity contribution in [3.63, 3.8) is 0 Å². The van der Waals surface area contributed by atoms with Gasteiger partial charge in [-0.15, -0.1) is 12.4 Å². The maximum atomic E-state index is 14.1. The lowest BCUT2D eigenvalue weighted by atomic mass is 9.53. The summed E-state index contributed by atoms with van der Waals surface area (Å²) < 4.78 is 14.1. The normalized spacial score (nSPS) is 33.4. The van der Waals surface area contributed by atoms with Gasteiger partial charge < -0.3 is 10.2 Å². The van der Waals surface area contributed by atoms with Crippen molar-refractivity contribution in [1.82, 2.24) is 4.90 Å². The van der Waals surface area contributed by atoms with E-state index in [1.54, 1.807) is 6.07 Å². The Morgan fingerprint density at radius 3 is 2.52 bits per heavy atom. The molecule has 1 unspecified atom stereocenters. The Kier molecular flexibility index (Phi) is 7.86. The fourth-order valence-corrected chi connectivity index (χ4v) is 8.25. The van der Waals surface area contributed by atoms with Gasteiger partial charge in [0.2, 0.25) is 5.91 Å². The molecular formula is C25H34Cl2FN3OS. The second kappa shape index (κ2) is 10.3. The molecule has 4 saturated carbocycles. The zero-order valence-electron chi connectivity index (χ0n) is 19.2. The van der Waals surface area contributed by atoms with Gasteiger partial charge in [0.05, 0.1) is 11.2 Å². The summed E-state index contributed by atoms with van der Waals surface area (Å²) in [4.78, 5) is 20.6. The van der Waals surface area contributed by atoms with E-state index >= 15 is 0 Å². The summed E-state index contributed by atoms with van der Waals surface area (Å²) in [5.74, 6) is 2.82. The molecule has 33 heavy (non-hydrogen) atoms. The average Bonchev–Trinajstić information content (AvgIpc) is 3.07. The fraction of sp³-hybridized carbons (Fsp3) is 0.680. The molecule has 5 fully saturated rings. The minimum absolute atomic E-state index is 0. The van der Waals surface area contributed by atoms with Crippen molar-refractivity contribution in [2.24, 2.45) is 22.7 Å². The third-order valence-electron chi connectivity index (χ3n) is 7.81. The van der Waals surface area contributed by atoms with Gasteiger partial charge in [-0.3, -0.25) is 9.79 Å². The molecule has 1 aromatic rings. The molecule has 1 aliphatic heterocycles. The predicted octanol–water partition coefficient (Wildman–Crippen LogP) is 6.77. The second-order valence-electron chi connectivity index (χ2n) is 10.4. The van der Waals surface area contributed by atoms with Gasteiger partial charge in [-0.2, -0.15) is 0 Å². The van der Waals surface area contributed by atoms with Gasteiger partial charge in [-0.25, -0.2) is 4.39 Å².